The average molecular weight is 373 g/mol. The number of likely N-dealkylation sites (tertiary alicyclic amines) is 1. The Morgan fingerprint density at radius 2 is 1.93 bits per heavy atom. The molecule has 0 spiro atoms. The molecule has 1 aromatic heterocycles. The number of nitrogens with zero attached hydrogens (tertiary/aromatic N) is 2. The van der Waals surface area contributed by atoms with Gasteiger partial charge in [0.25, 0.3) is 11.5 Å². The molecule has 1 aliphatic heterocycles. The minimum atomic E-state index is -0.646. The molecule has 2 aliphatic rings. The van der Waals surface area contributed by atoms with E-state index in [1.54, 1.807) is 17.0 Å². The van der Waals surface area contributed by atoms with Crippen molar-refractivity contribution in [3.8, 4) is 5.75 Å². The van der Waals surface area contributed by atoms with E-state index in [9.17, 15) is 19.1 Å². The predicted octanol–water partition coefficient (Wildman–Crippen LogP) is 1.20. The van der Waals surface area contributed by atoms with Gasteiger partial charge in [0.2, 0.25) is 0 Å². The van der Waals surface area contributed by atoms with Crippen molar-refractivity contribution in [1.82, 2.24) is 15.1 Å². The molecule has 2 fully saturated rings. The number of aromatic nitrogens is 2. The number of carbonyl (C=O) groups excluding carboxylic acids is 1. The minimum absolute atomic E-state index is 0.187. The molecular weight excluding hydrogens is 353 g/mol. The van der Waals surface area contributed by atoms with E-state index in [1.165, 1.54) is 24.4 Å². The lowest BCUT2D eigenvalue weighted by Crippen LogP contribution is -2.42. The van der Waals surface area contributed by atoms with Gasteiger partial charge in [-0.05, 0) is 48.9 Å². The van der Waals surface area contributed by atoms with Gasteiger partial charge in [-0.3, -0.25) is 9.59 Å². The van der Waals surface area contributed by atoms with Crippen molar-refractivity contribution in [3.63, 3.8) is 0 Å². The van der Waals surface area contributed by atoms with Crippen LogP contribution >= 0.6 is 0 Å². The van der Waals surface area contributed by atoms with Crippen molar-refractivity contribution >= 4 is 5.91 Å². The van der Waals surface area contributed by atoms with Crippen molar-refractivity contribution in [3.05, 3.63) is 58.3 Å². The summed E-state index contributed by atoms with van der Waals surface area (Å²) in [5.74, 6) is 0.337. The van der Waals surface area contributed by atoms with E-state index in [4.69, 9.17) is 4.74 Å². The Kier molecular flexibility index (Phi) is 4.65. The third kappa shape index (κ3) is 3.71. The maximum Gasteiger partial charge on any atom is 0.264 e. The first-order valence-electron chi connectivity index (χ1n) is 8.94. The van der Waals surface area contributed by atoms with Crippen LogP contribution in [0.4, 0.5) is 4.39 Å². The molecule has 0 unspecified atom stereocenters. The van der Waals surface area contributed by atoms with E-state index < -0.39 is 17.8 Å². The van der Waals surface area contributed by atoms with Crippen LogP contribution in [0.3, 0.4) is 0 Å². The van der Waals surface area contributed by atoms with Gasteiger partial charge in [-0.1, -0.05) is 0 Å². The quantitative estimate of drug-likeness (QED) is 0.843. The number of halogens is 1. The number of fused-ring (bicyclic) bond motifs is 1. The van der Waals surface area contributed by atoms with Crippen molar-refractivity contribution in [2.24, 2.45) is 11.8 Å². The summed E-state index contributed by atoms with van der Waals surface area (Å²) >= 11 is 0. The number of hydrogen-bond acceptors (Lipinski definition) is 5. The lowest BCUT2D eigenvalue weighted by Gasteiger charge is -2.35. The standard InChI is InChI=1S/C19H20FN3O4/c20-14-1-3-15(4-2-14)27-17-6-13-10-23(9-12(13)5-16(17)24)19(26)11-7-18(25)22-21-8-11/h1-4,7-8,12-13,16-17,24H,5-6,9-10H2,(H,22,25)/t12-,13+,16+,17+/m0/s1. The first kappa shape index (κ1) is 17.7. The van der Waals surface area contributed by atoms with Crippen LogP contribution in [0.2, 0.25) is 0 Å². The zero-order valence-corrected chi connectivity index (χ0v) is 14.5. The van der Waals surface area contributed by atoms with Crippen LogP contribution in [0.25, 0.3) is 0 Å². The Hall–Kier alpha value is -2.74. The van der Waals surface area contributed by atoms with E-state index >= 15 is 0 Å². The van der Waals surface area contributed by atoms with Crippen molar-refractivity contribution in [2.75, 3.05) is 13.1 Å². The summed E-state index contributed by atoms with van der Waals surface area (Å²) in [5, 5.41) is 16.4. The number of rotatable bonds is 3. The van der Waals surface area contributed by atoms with E-state index in [1.807, 2.05) is 0 Å². The molecule has 1 aliphatic carbocycles. The SMILES string of the molecule is O=C(c1cn[nH]c(=O)c1)N1C[C@H]2C[C@@H](Oc3ccc(F)cc3)[C@H](O)C[C@H]2C1. The number of carbonyl (C=O) groups is 1. The first-order chi connectivity index (χ1) is 13.0. The maximum atomic E-state index is 13.0. The summed E-state index contributed by atoms with van der Waals surface area (Å²) in [4.78, 5) is 25.7. The number of H-pyrrole nitrogens is 1. The highest BCUT2D eigenvalue weighted by Gasteiger charge is 2.44. The van der Waals surface area contributed by atoms with Gasteiger partial charge in [-0.25, -0.2) is 9.49 Å². The van der Waals surface area contributed by atoms with E-state index in [0.29, 0.717) is 31.7 Å². The molecule has 2 aromatic rings. The van der Waals surface area contributed by atoms with Gasteiger partial charge in [0.1, 0.15) is 17.7 Å². The monoisotopic (exact) mass is 373 g/mol. The largest absolute Gasteiger partial charge is 0.488 e. The molecule has 1 aromatic carbocycles. The Labute approximate surface area is 154 Å². The third-order valence-electron chi connectivity index (χ3n) is 5.39. The fourth-order valence-corrected chi connectivity index (χ4v) is 4.05. The van der Waals surface area contributed by atoms with Crippen LogP contribution in [0.5, 0.6) is 5.75 Å². The van der Waals surface area contributed by atoms with Crippen LogP contribution < -0.4 is 10.3 Å². The van der Waals surface area contributed by atoms with Crippen LogP contribution in [-0.4, -0.2) is 51.4 Å². The Bertz CT molecular complexity index is 885. The summed E-state index contributed by atoms with van der Waals surface area (Å²) in [7, 11) is 0. The third-order valence-corrected chi connectivity index (χ3v) is 5.39. The number of amides is 1. The maximum absolute atomic E-state index is 13.0. The highest BCUT2D eigenvalue weighted by molar-refractivity contribution is 5.94. The van der Waals surface area contributed by atoms with Crippen molar-refractivity contribution < 1.29 is 19.0 Å². The van der Waals surface area contributed by atoms with Gasteiger partial charge in [-0.15, -0.1) is 0 Å². The summed E-state index contributed by atoms with van der Waals surface area (Å²) in [6.45, 7) is 1.09. The van der Waals surface area contributed by atoms with Gasteiger partial charge < -0.3 is 14.7 Å². The van der Waals surface area contributed by atoms with E-state index in [2.05, 4.69) is 10.2 Å². The molecule has 27 heavy (non-hydrogen) atoms. The average Bonchev–Trinajstić information content (AvgIpc) is 3.06. The number of nitrogens with one attached hydrogen (secondary N) is 1. The Morgan fingerprint density at radius 1 is 1.22 bits per heavy atom. The second kappa shape index (κ2) is 7.11. The predicted molar refractivity (Wildman–Crippen MR) is 93.8 cm³/mol. The van der Waals surface area contributed by atoms with Gasteiger partial charge >= 0.3 is 0 Å². The van der Waals surface area contributed by atoms with E-state index in [-0.39, 0.29) is 29.1 Å². The van der Waals surface area contributed by atoms with Crippen LogP contribution in [0.15, 0.2) is 41.3 Å². The van der Waals surface area contributed by atoms with Gasteiger partial charge in [0.15, 0.2) is 0 Å². The second-order valence-corrected chi connectivity index (χ2v) is 7.21. The smallest absolute Gasteiger partial charge is 0.264 e. The van der Waals surface area contributed by atoms with Gasteiger partial charge in [0.05, 0.1) is 17.9 Å². The molecule has 4 rings (SSSR count). The van der Waals surface area contributed by atoms with Gasteiger partial charge in [-0.2, -0.15) is 5.10 Å². The first-order valence-corrected chi connectivity index (χ1v) is 8.94. The highest BCUT2D eigenvalue weighted by atomic mass is 19.1. The van der Waals surface area contributed by atoms with Crippen molar-refractivity contribution in [2.45, 2.75) is 25.0 Å². The van der Waals surface area contributed by atoms with Crippen molar-refractivity contribution in [1.29, 1.82) is 0 Å². The number of ether oxygens (including phenoxy) is 1. The normalized spacial score (nSPS) is 27.3. The van der Waals surface area contributed by atoms with Gasteiger partial charge in [0, 0.05) is 19.2 Å². The molecule has 7 nitrogen and oxygen atoms in total. The Balaban J connectivity index is 1.43. The summed E-state index contributed by atoms with van der Waals surface area (Å²) in [6.07, 6.45) is 1.45. The van der Waals surface area contributed by atoms with Crippen LogP contribution in [-0.2, 0) is 0 Å². The molecule has 0 bridgehead atoms. The van der Waals surface area contributed by atoms with E-state index in [0.717, 1.165) is 0 Å². The number of benzene rings is 1. The number of hydrogen-bond donors (Lipinski definition) is 2. The molecule has 1 saturated carbocycles. The fraction of sp³-hybridized carbons (Fsp3) is 0.421. The highest BCUT2D eigenvalue weighted by Crippen LogP contribution is 2.38. The molecular formula is C19H20FN3O4. The molecule has 8 heteroatoms. The molecule has 2 N–H and O–H groups in total. The lowest BCUT2D eigenvalue weighted by molar-refractivity contribution is -0.0231. The van der Waals surface area contributed by atoms with Crippen LogP contribution in [0.1, 0.15) is 23.2 Å². The molecule has 2 heterocycles. The zero-order chi connectivity index (χ0) is 19.0. The minimum Gasteiger partial charge on any atom is -0.488 e. The number of aromatic amines is 1. The fourth-order valence-electron chi connectivity index (χ4n) is 4.05. The number of aliphatic hydroxyl groups is 1. The number of aliphatic hydroxyl groups excluding tert-OH is 1. The lowest BCUT2D eigenvalue weighted by atomic mass is 9.78. The summed E-state index contributed by atoms with van der Waals surface area (Å²) in [6, 6.07) is 6.96. The topological polar surface area (TPSA) is 95.5 Å². The molecule has 4 atom stereocenters. The Morgan fingerprint density at radius 3 is 2.63 bits per heavy atom. The molecule has 142 valence electrons. The molecule has 0 radical (unpaired) electrons. The summed E-state index contributed by atoms with van der Waals surface area (Å²) < 4.78 is 18.9. The molecule has 1 saturated heterocycles. The second-order valence-electron chi connectivity index (χ2n) is 7.21. The summed E-state index contributed by atoms with van der Waals surface area (Å²) in [5.41, 5.74) is -0.155. The van der Waals surface area contributed by atoms with Crippen LogP contribution in [0, 0.1) is 17.7 Å². The molecule has 1 amide bonds. The zero-order valence-electron chi connectivity index (χ0n) is 14.5.